The molecule has 0 saturated heterocycles. The molecule has 0 radical (unpaired) electrons. The van der Waals surface area contributed by atoms with Gasteiger partial charge in [-0.05, 0) is 20.4 Å². The van der Waals surface area contributed by atoms with Gasteiger partial charge in [-0.15, -0.1) is 0 Å². The second-order valence-corrected chi connectivity index (χ2v) is 4.57. The van der Waals surface area contributed by atoms with Gasteiger partial charge in [0, 0.05) is 19.0 Å². The molecule has 0 aliphatic heterocycles. The predicted octanol–water partition coefficient (Wildman–Crippen LogP) is 0.462. The maximum absolute atomic E-state index is 9.68. The molecule has 0 saturated carbocycles. The topological polar surface area (TPSA) is 82.1 Å². The number of hydrogen-bond acceptors (Lipinski definition) is 4. The van der Waals surface area contributed by atoms with Crippen molar-refractivity contribution in [3.63, 3.8) is 0 Å². The molecule has 0 aliphatic rings. The summed E-state index contributed by atoms with van der Waals surface area (Å²) in [6.45, 7) is 9.52. The predicted molar refractivity (Wildman–Crippen MR) is 61.0 cm³/mol. The summed E-state index contributed by atoms with van der Waals surface area (Å²) in [7, 11) is 0. The van der Waals surface area contributed by atoms with Crippen LogP contribution in [0.3, 0.4) is 0 Å². The SMILES string of the molecule is CCN(CC(C)C(N)=NO)CC(C)(C)O. The summed E-state index contributed by atoms with van der Waals surface area (Å²) < 4.78 is 0. The minimum atomic E-state index is -0.721. The fourth-order valence-corrected chi connectivity index (χ4v) is 1.43. The molecular weight excluding hydrogens is 194 g/mol. The van der Waals surface area contributed by atoms with Crippen LogP contribution in [-0.2, 0) is 0 Å². The Morgan fingerprint density at radius 3 is 2.40 bits per heavy atom. The number of amidine groups is 1. The van der Waals surface area contributed by atoms with Gasteiger partial charge in [0.1, 0.15) is 5.84 Å². The first kappa shape index (κ1) is 14.2. The Balaban J connectivity index is 4.22. The lowest BCUT2D eigenvalue weighted by Crippen LogP contribution is -2.42. The third kappa shape index (κ3) is 6.30. The van der Waals surface area contributed by atoms with E-state index in [1.165, 1.54) is 0 Å². The normalized spacial score (nSPS) is 15.7. The maximum atomic E-state index is 9.68. The van der Waals surface area contributed by atoms with E-state index in [1.54, 1.807) is 13.8 Å². The van der Waals surface area contributed by atoms with Crippen LogP contribution in [0.1, 0.15) is 27.7 Å². The van der Waals surface area contributed by atoms with Crippen molar-refractivity contribution >= 4 is 5.84 Å². The van der Waals surface area contributed by atoms with Crippen LogP contribution in [0.4, 0.5) is 0 Å². The van der Waals surface area contributed by atoms with E-state index >= 15 is 0 Å². The second-order valence-electron chi connectivity index (χ2n) is 4.57. The van der Waals surface area contributed by atoms with Crippen molar-refractivity contribution in [2.45, 2.75) is 33.3 Å². The van der Waals surface area contributed by atoms with Crippen molar-refractivity contribution in [3.05, 3.63) is 0 Å². The van der Waals surface area contributed by atoms with Crippen LogP contribution in [0.25, 0.3) is 0 Å². The van der Waals surface area contributed by atoms with Crippen molar-refractivity contribution in [2.75, 3.05) is 19.6 Å². The van der Waals surface area contributed by atoms with Crippen LogP contribution >= 0.6 is 0 Å². The van der Waals surface area contributed by atoms with E-state index in [4.69, 9.17) is 10.9 Å². The number of rotatable bonds is 6. The van der Waals surface area contributed by atoms with E-state index in [9.17, 15) is 5.11 Å². The van der Waals surface area contributed by atoms with Gasteiger partial charge in [-0.2, -0.15) is 0 Å². The Hall–Kier alpha value is -0.810. The molecule has 0 aromatic carbocycles. The molecule has 0 spiro atoms. The van der Waals surface area contributed by atoms with E-state index in [1.807, 2.05) is 13.8 Å². The summed E-state index contributed by atoms with van der Waals surface area (Å²) >= 11 is 0. The monoisotopic (exact) mass is 217 g/mol. The van der Waals surface area contributed by atoms with Gasteiger partial charge in [-0.1, -0.05) is 19.0 Å². The molecule has 90 valence electrons. The summed E-state index contributed by atoms with van der Waals surface area (Å²) in [6, 6.07) is 0. The lowest BCUT2D eigenvalue weighted by Gasteiger charge is -2.29. The molecule has 4 N–H and O–H groups in total. The molecule has 0 heterocycles. The highest BCUT2D eigenvalue weighted by Crippen LogP contribution is 2.07. The Bertz CT molecular complexity index is 211. The van der Waals surface area contributed by atoms with Gasteiger partial charge in [0.05, 0.1) is 5.60 Å². The highest BCUT2D eigenvalue weighted by molar-refractivity contribution is 5.82. The number of likely N-dealkylation sites (N-methyl/N-ethyl adjacent to an activating group) is 1. The third-order valence-corrected chi connectivity index (χ3v) is 2.21. The molecule has 5 heteroatoms. The number of hydrogen-bond donors (Lipinski definition) is 3. The van der Waals surface area contributed by atoms with E-state index in [-0.39, 0.29) is 11.8 Å². The zero-order valence-corrected chi connectivity index (χ0v) is 10.1. The van der Waals surface area contributed by atoms with Gasteiger partial charge in [0.2, 0.25) is 0 Å². The fraction of sp³-hybridized carbons (Fsp3) is 0.900. The van der Waals surface area contributed by atoms with Crippen LogP contribution in [0, 0.1) is 5.92 Å². The van der Waals surface area contributed by atoms with Gasteiger partial charge in [0.15, 0.2) is 0 Å². The molecular formula is C10H23N3O2. The zero-order valence-electron chi connectivity index (χ0n) is 10.1. The Morgan fingerprint density at radius 1 is 1.53 bits per heavy atom. The molecule has 0 bridgehead atoms. The quantitative estimate of drug-likeness (QED) is 0.261. The highest BCUT2D eigenvalue weighted by atomic mass is 16.4. The molecule has 1 unspecified atom stereocenters. The summed E-state index contributed by atoms with van der Waals surface area (Å²) in [5, 5.41) is 21.2. The van der Waals surface area contributed by atoms with Crippen molar-refractivity contribution in [3.8, 4) is 0 Å². The van der Waals surface area contributed by atoms with Gasteiger partial charge in [0.25, 0.3) is 0 Å². The van der Waals surface area contributed by atoms with Crippen molar-refractivity contribution in [1.29, 1.82) is 0 Å². The van der Waals surface area contributed by atoms with Crippen LogP contribution in [0.15, 0.2) is 5.16 Å². The van der Waals surface area contributed by atoms with Gasteiger partial charge < -0.3 is 20.9 Å². The first-order valence-corrected chi connectivity index (χ1v) is 5.22. The second kappa shape index (κ2) is 5.92. The largest absolute Gasteiger partial charge is 0.409 e. The summed E-state index contributed by atoms with van der Waals surface area (Å²) in [6.07, 6.45) is 0. The van der Waals surface area contributed by atoms with E-state index in [2.05, 4.69) is 10.1 Å². The summed E-state index contributed by atoms with van der Waals surface area (Å²) in [5.41, 5.74) is 4.77. The van der Waals surface area contributed by atoms with Crippen molar-refractivity contribution in [1.82, 2.24) is 4.90 Å². The van der Waals surface area contributed by atoms with Crippen LogP contribution < -0.4 is 5.73 Å². The average Bonchev–Trinajstić information content (AvgIpc) is 2.13. The van der Waals surface area contributed by atoms with E-state index < -0.39 is 5.60 Å². The summed E-state index contributed by atoms with van der Waals surface area (Å²) in [5.74, 6) is 0.210. The molecule has 0 fully saturated rings. The third-order valence-electron chi connectivity index (χ3n) is 2.21. The molecule has 5 nitrogen and oxygen atoms in total. The molecule has 15 heavy (non-hydrogen) atoms. The Morgan fingerprint density at radius 2 is 2.07 bits per heavy atom. The standard InChI is InChI=1S/C10H23N3O2/c1-5-13(7-10(3,4)14)6-8(2)9(11)12-15/h8,14-15H,5-7H2,1-4H3,(H2,11,12). The lowest BCUT2D eigenvalue weighted by molar-refractivity contribution is 0.0359. The minimum Gasteiger partial charge on any atom is -0.409 e. The average molecular weight is 217 g/mol. The number of aliphatic hydroxyl groups is 1. The molecule has 0 rings (SSSR count). The first-order valence-electron chi connectivity index (χ1n) is 5.22. The fourth-order valence-electron chi connectivity index (χ4n) is 1.43. The molecule has 0 aromatic rings. The molecule has 0 aliphatic carbocycles. The molecule has 1 atom stereocenters. The molecule has 0 aromatic heterocycles. The number of nitrogens with two attached hydrogens (primary N) is 1. The van der Waals surface area contributed by atoms with Gasteiger partial charge in [-0.3, -0.25) is 0 Å². The van der Waals surface area contributed by atoms with Crippen LogP contribution in [-0.4, -0.2) is 46.3 Å². The van der Waals surface area contributed by atoms with E-state index in [0.29, 0.717) is 13.1 Å². The number of nitrogens with zero attached hydrogens (tertiary/aromatic N) is 2. The Labute approximate surface area is 91.6 Å². The number of oxime groups is 1. The highest BCUT2D eigenvalue weighted by Gasteiger charge is 2.19. The van der Waals surface area contributed by atoms with Crippen molar-refractivity contribution < 1.29 is 10.3 Å². The van der Waals surface area contributed by atoms with E-state index in [0.717, 1.165) is 6.54 Å². The Kier molecular flexibility index (Phi) is 5.60. The van der Waals surface area contributed by atoms with Crippen molar-refractivity contribution in [2.24, 2.45) is 16.8 Å². The maximum Gasteiger partial charge on any atom is 0.143 e. The van der Waals surface area contributed by atoms with Crippen LogP contribution in [0.2, 0.25) is 0 Å². The van der Waals surface area contributed by atoms with Gasteiger partial charge >= 0.3 is 0 Å². The lowest BCUT2D eigenvalue weighted by atomic mass is 10.1. The van der Waals surface area contributed by atoms with Crippen LogP contribution in [0.5, 0.6) is 0 Å². The molecule has 0 amide bonds. The van der Waals surface area contributed by atoms with Gasteiger partial charge in [-0.25, -0.2) is 0 Å². The minimum absolute atomic E-state index is 0.0164. The first-order chi connectivity index (χ1) is 6.80. The smallest absolute Gasteiger partial charge is 0.143 e. The summed E-state index contributed by atoms with van der Waals surface area (Å²) in [4.78, 5) is 2.07. The zero-order chi connectivity index (χ0) is 12.1.